The number of nitro groups is 1. The lowest BCUT2D eigenvalue weighted by molar-refractivity contribution is -0.384. The minimum Gasteiger partial charge on any atom is -0.396 e. The van der Waals surface area contributed by atoms with Gasteiger partial charge in [0.2, 0.25) is 0 Å². The molecule has 0 radical (unpaired) electrons. The maximum atomic E-state index is 13.6. The van der Waals surface area contributed by atoms with Gasteiger partial charge in [-0.25, -0.2) is 8.78 Å². The molecule has 0 bridgehead atoms. The van der Waals surface area contributed by atoms with E-state index in [-0.39, 0.29) is 5.56 Å². The molecule has 0 atom stereocenters. The van der Waals surface area contributed by atoms with Gasteiger partial charge in [0.15, 0.2) is 11.5 Å². The summed E-state index contributed by atoms with van der Waals surface area (Å²) in [5, 5.41) is 12.9. The Labute approximate surface area is 117 Å². The van der Waals surface area contributed by atoms with E-state index in [1.54, 1.807) is 0 Å². The fourth-order valence-corrected chi connectivity index (χ4v) is 1.70. The molecule has 3 N–H and O–H groups in total. The zero-order valence-corrected chi connectivity index (χ0v) is 10.5. The second-order valence-electron chi connectivity index (χ2n) is 4.05. The number of para-hydroxylation sites is 2. The van der Waals surface area contributed by atoms with Crippen LogP contribution in [-0.4, -0.2) is 10.8 Å². The van der Waals surface area contributed by atoms with Crippen LogP contribution in [0.25, 0.3) is 0 Å². The summed E-state index contributed by atoms with van der Waals surface area (Å²) in [6, 6.07) is 6.65. The van der Waals surface area contributed by atoms with E-state index in [9.17, 15) is 23.7 Å². The van der Waals surface area contributed by atoms with Crippen molar-refractivity contribution >= 4 is 23.0 Å². The minimum atomic E-state index is -0.979. The van der Waals surface area contributed by atoms with E-state index >= 15 is 0 Å². The largest absolute Gasteiger partial charge is 0.396 e. The van der Waals surface area contributed by atoms with Crippen LogP contribution in [0.1, 0.15) is 10.4 Å². The number of amides is 1. The highest BCUT2D eigenvalue weighted by Gasteiger charge is 2.21. The highest BCUT2D eigenvalue weighted by Crippen LogP contribution is 2.28. The minimum absolute atomic E-state index is 0.243. The van der Waals surface area contributed by atoms with Gasteiger partial charge in [-0.15, -0.1) is 0 Å². The number of rotatable bonds is 3. The molecule has 2 rings (SSSR count). The Morgan fingerprint density at radius 2 is 1.76 bits per heavy atom. The quantitative estimate of drug-likeness (QED) is 0.516. The average molecular weight is 293 g/mol. The Hall–Kier alpha value is -3.03. The number of nitro benzene ring substituents is 1. The van der Waals surface area contributed by atoms with E-state index in [2.05, 4.69) is 0 Å². The predicted molar refractivity (Wildman–Crippen MR) is 71.8 cm³/mol. The standard InChI is InChI=1S/C13H9F2N3O3/c14-8-4-1-3-7(11(8)16)13(19)17-12-9(15)5-2-6-10(12)18(20)21/h1-6H,16H2,(H,17,19). The lowest BCUT2D eigenvalue weighted by Crippen LogP contribution is -2.16. The molecule has 0 heterocycles. The summed E-state index contributed by atoms with van der Waals surface area (Å²) in [5.41, 5.74) is 3.53. The lowest BCUT2D eigenvalue weighted by Gasteiger charge is -2.09. The molecule has 0 aliphatic heterocycles. The summed E-state index contributed by atoms with van der Waals surface area (Å²) < 4.78 is 26.9. The Morgan fingerprint density at radius 1 is 1.14 bits per heavy atom. The number of benzene rings is 2. The summed E-state index contributed by atoms with van der Waals surface area (Å²) in [4.78, 5) is 21.9. The third-order valence-corrected chi connectivity index (χ3v) is 2.72. The van der Waals surface area contributed by atoms with Crippen molar-refractivity contribution in [2.75, 3.05) is 11.1 Å². The van der Waals surface area contributed by atoms with Crippen molar-refractivity contribution in [3.05, 3.63) is 63.7 Å². The Morgan fingerprint density at radius 3 is 2.43 bits per heavy atom. The third kappa shape index (κ3) is 2.78. The van der Waals surface area contributed by atoms with Crippen LogP contribution in [0.15, 0.2) is 36.4 Å². The van der Waals surface area contributed by atoms with Crippen LogP contribution in [0.2, 0.25) is 0 Å². The van der Waals surface area contributed by atoms with E-state index in [1.165, 1.54) is 12.1 Å². The molecule has 21 heavy (non-hydrogen) atoms. The molecule has 6 nitrogen and oxygen atoms in total. The predicted octanol–water partition coefficient (Wildman–Crippen LogP) is 2.71. The maximum Gasteiger partial charge on any atom is 0.295 e. The molecule has 0 unspecified atom stereocenters. The van der Waals surface area contributed by atoms with Crippen molar-refractivity contribution in [3.8, 4) is 0 Å². The first-order valence-electron chi connectivity index (χ1n) is 5.70. The number of hydrogen-bond acceptors (Lipinski definition) is 4. The van der Waals surface area contributed by atoms with Gasteiger partial charge in [-0.05, 0) is 18.2 Å². The van der Waals surface area contributed by atoms with Crippen LogP contribution in [0.5, 0.6) is 0 Å². The van der Waals surface area contributed by atoms with Crippen molar-refractivity contribution in [2.24, 2.45) is 0 Å². The van der Waals surface area contributed by atoms with Crippen molar-refractivity contribution in [3.63, 3.8) is 0 Å². The highest BCUT2D eigenvalue weighted by atomic mass is 19.1. The zero-order chi connectivity index (χ0) is 15.6. The van der Waals surface area contributed by atoms with E-state index < -0.39 is 39.5 Å². The van der Waals surface area contributed by atoms with Crippen LogP contribution in [0.3, 0.4) is 0 Å². The van der Waals surface area contributed by atoms with Crippen molar-refractivity contribution in [2.45, 2.75) is 0 Å². The summed E-state index contributed by atoms with van der Waals surface area (Å²) >= 11 is 0. The Balaban J connectivity index is 2.41. The number of nitrogen functional groups attached to an aromatic ring is 1. The molecule has 0 aliphatic carbocycles. The topological polar surface area (TPSA) is 98.3 Å². The summed E-state index contributed by atoms with van der Waals surface area (Å²) in [6.45, 7) is 0. The molecule has 108 valence electrons. The monoisotopic (exact) mass is 293 g/mol. The first kappa shape index (κ1) is 14.4. The van der Waals surface area contributed by atoms with Gasteiger partial charge in [-0.2, -0.15) is 0 Å². The molecule has 0 aliphatic rings. The number of nitrogens with two attached hydrogens (primary N) is 1. The fourth-order valence-electron chi connectivity index (χ4n) is 1.70. The molecular formula is C13H9F2N3O3. The average Bonchev–Trinajstić information content (AvgIpc) is 2.43. The van der Waals surface area contributed by atoms with Crippen LogP contribution < -0.4 is 11.1 Å². The fraction of sp³-hybridized carbons (Fsp3) is 0. The molecular weight excluding hydrogens is 284 g/mol. The molecule has 0 spiro atoms. The Kier molecular flexibility index (Phi) is 3.79. The van der Waals surface area contributed by atoms with Crippen LogP contribution in [0, 0.1) is 21.7 Å². The number of carbonyl (C=O) groups is 1. The van der Waals surface area contributed by atoms with E-state index in [1.807, 2.05) is 5.32 Å². The molecule has 2 aromatic carbocycles. The van der Waals surface area contributed by atoms with Gasteiger partial charge >= 0.3 is 0 Å². The van der Waals surface area contributed by atoms with Crippen molar-refractivity contribution in [1.82, 2.24) is 0 Å². The van der Waals surface area contributed by atoms with E-state index in [0.29, 0.717) is 0 Å². The molecule has 0 fully saturated rings. The first-order valence-corrected chi connectivity index (χ1v) is 5.70. The molecule has 1 amide bonds. The van der Waals surface area contributed by atoms with Gasteiger partial charge in [-0.3, -0.25) is 14.9 Å². The summed E-state index contributed by atoms with van der Waals surface area (Å²) in [6.07, 6.45) is 0. The van der Waals surface area contributed by atoms with Crippen LogP contribution >= 0.6 is 0 Å². The third-order valence-electron chi connectivity index (χ3n) is 2.72. The number of hydrogen-bond donors (Lipinski definition) is 2. The van der Waals surface area contributed by atoms with Gasteiger partial charge in [0, 0.05) is 6.07 Å². The highest BCUT2D eigenvalue weighted by molar-refractivity contribution is 6.08. The SMILES string of the molecule is Nc1c(F)cccc1C(=O)Nc1c(F)cccc1[N+](=O)[O-]. The normalized spacial score (nSPS) is 10.2. The van der Waals surface area contributed by atoms with Crippen molar-refractivity contribution < 1.29 is 18.5 Å². The molecule has 0 aromatic heterocycles. The van der Waals surface area contributed by atoms with Crippen molar-refractivity contribution in [1.29, 1.82) is 0 Å². The maximum absolute atomic E-state index is 13.6. The summed E-state index contributed by atoms with van der Waals surface area (Å²) in [7, 11) is 0. The smallest absolute Gasteiger partial charge is 0.295 e. The number of anilines is 2. The Bertz CT molecular complexity index is 735. The van der Waals surface area contributed by atoms with Gasteiger partial charge in [0.05, 0.1) is 16.2 Å². The lowest BCUT2D eigenvalue weighted by atomic mass is 10.1. The number of nitrogens with zero attached hydrogens (tertiary/aromatic N) is 1. The molecule has 0 saturated carbocycles. The van der Waals surface area contributed by atoms with Gasteiger partial charge in [0.1, 0.15) is 5.82 Å². The zero-order valence-electron chi connectivity index (χ0n) is 10.5. The number of halogens is 2. The molecule has 0 saturated heterocycles. The second kappa shape index (κ2) is 5.53. The number of carbonyl (C=O) groups excluding carboxylic acids is 1. The molecule has 8 heteroatoms. The van der Waals surface area contributed by atoms with E-state index in [4.69, 9.17) is 5.73 Å². The summed E-state index contributed by atoms with van der Waals surface area (Å²) in [5.74, 6) is -2.74. The first-order chi connectivity index (χ1) is 9.91. The molecule has 2 aromatic rings. The number of nitrogens with one attached hydrogen (secondary N) is 1. The van der Waals surface area contributed by atoms with Crippen LogP contribution in [-0.2, 0) is 0 Å². The van der Waals surface area contributed by atoms with Crippen LogP contribution in [0.4, 0.5) is 25.8 Å². The van der Waals surface area contributed by atoms with Gasteiger partial charge < -0.3 is 11.1 Å². The van der Waals surface area contributed by atoms with Gasteiger partial charge in [0.25, 0.3) is 11.6 Å². The second-order valence-corrected chi connectivity index (χ2v) is 4.05. The van der Waals surface area contributed by atoms with E-state index in [0.717, 1.165) is 24.3 Å². The van der Waals surface area contributed by atoms with Gasteiger partial charge in [-0.1, -0.05) is 12.1 Å².